The molecule has 2 N–H and O–H groups in total. The average Bonchev–Trinajstić information content (AvgIpc) is 2.33. The van der Waals surface area contributed by atoms with Crippen molar-refractivity contribution in [2.45, 2.75) is 26.4 Å². The molecule has 1 aromatic rings. The molecule has 20 heavy (non-hydrogen) atoms. The molecule has 108 valence electrons. The Morgan fingerprint density at radius 2 is 1.80 bits per heavy atom. The topological polar surface area (TPSA) is 93.1 Å². The van der Waals surface area contributed by atoms with E-state index in [1.807, 2.05) is 0 Å². The molecule has 0 heterocycles. The number of rotatable bonds is 5. The molecule has 0 aliphatic carbocycles. The first kappa shape index (κ1) is 15.6. The fourth-order valence-corrected chi connectivity index (χ4v) is 1.34. The lowest BCUT2D eigenvalue weighted by atomic mass is 10.2. The largest absolute Gasteiger partial charge is 0.508 e. The highest BCUT2D eigenvalue weighted by Gasteiger charge is 2.23. The summed E-state index contributed by atoms with van der Waals surface area (Å²) in [5, 5.41) is 18.5. The second kappa shape index (κ2) is 6.60. The number of carbonyl (C=O) groups excluding carboxylic acids is 2. The molecule has 6 nitrogen and oxygen atoms in total. The van der Waals surface area contributed by atoms with Gasteiger partial charge in [-0.15, -0.1) is 0 Å². The number of aromatic hydroxyl groups is 2. The Hall–Kier alpha value is -2.50. The van der Waals surface area contributed by atoms with Gasteiger partial charge in [-0.1, -0.05) is 13.5 Å². The molecule has 0 amide bonds. The number of esters is 2. The summed E-state index contributed by atoms with van der Waals surface area (Å²) in [6.45, 7) is 6.53. The van der Waals surface area contributed by atoms with Crippen LogP contribution < -0.4 is 4.74 Å². The summed E-state index contributed by atoms with van der Waals surface area (Å²) in [6, 6.07) is 3.41. The lowest BCUT2D eigenvalue weighted by Crippen LogP contribution is -2.30. The van der Waals surface area contributed by atoms with Crippen molar-refractivity contribution in [2.24, 2.45) is 0 Å². The predicted molar refractivity (Wildman–Crippen MR) is 70.4 cm³/mol. The van der Waals surface area contributed by atoms with Crippen molar-refractivity contribution in [1.29, 1.82) is 0 Å². The third-order valence-electron chi connectivity index (χ3n) is 2.33. The van der Waals surface area contributed by atoms with E-state index < -0.39 is 18.0 Å². The van der Waals surface area contributed by atoms with Gasteiger partial charge in [0.25, 0.3) is 0 Å². The van der Waals surface area contributed by atoms with Crippen LogP contribution in [0.2, 0.25) is 0 Å². The van der Waals surface area contributed by atoms with Crippen LogP contribution in [-0.2, 0) is 14.3 Å². The SMILES string of the molecule is C=C(C)C(=O)OC(CC)C(=O)Oc1cc(O)cc(O)c1. The molecule has 0 aromatic heterocycles. The smallest absolute Gasteiger partial charge is 0.352 e. The van der Waals surface area contributed by atoms with Gasteiger partial charge in [-0.3, -0.25) is 0 Å². The lowest BCUT2D eigenvalue weighted by molar-refractivity contribution is -0.159. The van der Waals surface area contributed by atoms with Crippen molar-refractivity contribution >= 4 is 11.9 Å². The van der Waals surface area contributed by atoms with Crippen LogP contribution in [-0.4, -0.2) is 28.3 Å². The minimum atomic E-state index is -1.08. The summed E-state index contributed by atoms with van der Waals surface area (Å²) in [4.78, 5) is 23.2. The summed E-state index contributed by atoms with van der Waals surface area (Å²) >= 11 is 0. The quantitative estimate of drug-likeness (QED) is 0.486. The Morgan fingerprint density at radius 1 is 1.25 bits per heavy atom. The standard InChI is InChI=1S/C14H16O6/c1-4-12(20-13(17)8(2)3)14(18)19-11-6-9(15)5-10(16)7-11/h5-7,12,15-16H,2,4H2,1,3H3. The molecule has 1 atom stereocenters. The molecule has 1 rings (SSSR count). The van der Waals surface area contributed by atoms with Gasteiger partial charge in [0.2, 0.25) is 0 Å². The van der Waals surface area contributed by atoms with Crippen molar-refractivity contribution < 1.29 is 29.3 Å². The normalized spacial score (nSPS) is 11.5. The van der Waals surface area contributed by atoms with E-state index in [1.54, 1.807) is 6.92 Å². The van der Waals surface area contributed by atoms with Gasteiger partial charge in [0.1, 0.15) is 17.2 Å². The van der Waals surface area contributed by atoms with Crippen molar-refractivity contribution in [3.8, 4) is 17.2 Å². The fourth-order valence-electron chi connectivity index (χ4n) is 1.34. The van der Waals surface area contributed by atoms with Crippen LogP contribution in [0.5, 0.6) is 17.2 Å². The van der Waals surface area contributed by atoms with Gasteiger partial charge in [-0.2, -0.15) is 0 Å². The minimum absolute atomic E-state index is 0.0441. The maximum atomic E-state index is 11.8. The van der Waals surface area contributed by atoms with Crippen LogP contribution in [0.25, 0.3) is 0 Å². The molecule has 1 unspecified atom stereocenters. The van der Waals surface area contributed by atoms with Gasteiger partial charge >= 0.3 is 11.9 Å². The van der Waals surface area contributed by atoms with Crippen LogP contribution in [0.1, 0.15) is 20.3 Å². The van der Waals surface area contributed by atoms with E-state index in [1.165, 1.54) is 6.92 Å². The lowest BCUT2D eigenvalue weighted by Gasteiger charge is -2.15. The molecule has 0 saturated carbocycles. The number of phenolic OH excluding ortho intramolecular Hbond substituents is 2. The maximum absolute atomic E-state index is 11.8. The first-order chi connectivity index (χ1) is 9.33. The van der Waals surface area contributed by atoms with Gasteiger partial charge in [0.15, 0.2) is 6.10 Å². The molecular formula is C14H16O6. The van der Waals surface area contributed by atoms with E-state index in [-0.39, 0.29) is 29.2 Å². The zero-order chi connectivity index (χ0) is 15.3. The zero-order valence-corrected chi connectivity index (χ0v) is 11.3. The number of hydrogen-bond donors (Lipinski definition) is 2. The predicted octanol–water partition coefficient (Wildman–Crippen LogP) is 1.90. The van der Waals surface area contributed by atoms with E-state index in [4.69, 9.17) is 9.47 Å². The van der Waals surface area contributed by atoms with Crippen LogP contribution >= 0.6 is 0 Å². The van der Waals surface area contributed by atoms with Gasteiger partial charge in [0, 0.05) is 23.8 Å². The molecule has 0 bridgehead atoms. The molecule has 0 aliphatic heterocycles. The number of phenols is 2. The number of benzene rings is 1. The third kappa shape index (κ3) is 4.31. The molecule has 0 spiro atoms. The highest BCUT2D eigenvalue weighted by molar-refractivity contribution is 5.89. The van der Waals surface area contributed by atoms with Crippen molar-refractivity contribution in [3.63, 3.8) is 0 Å². The van der Waals surface area contributed by atoms with E-state index in [9.17, 15) is 19.8 Å². The van der Waals surface area contributed by atoms with Crippen molar-refractivity contribution in [1.82, 2.24) is 0 Å². The molecule has 6 heteroatoms. The number of carbonyl (C=O) groups is 2. The van der Waals surface area contributed by atoms with Gasteiger partial charge < -0.3 is 19.7 Å². The van der Waals surface area contributed by atoms with E-state index in [0.717, 1.165) is 18.2 Å². The minimum Gasteiger partial charge on any atom is -0.508 e. The molecule has 0 saturated heterocycles. The molecule has 1 aromatic carbocycles. The van der Waals surface area contributed by atoms with Gasteiger partial charge in [-0.05, 0) is 13.3 Å². The van der Waals surface area contributed by atoms with Crippen LogP contribution in [0.15, 0.2) is 30.4 Å². The Labute approximate surface area is 116 Å². The first-order valence-corrected chi connectivity index (χ1v) is 5.94. The highest BCUT2D eigenvalue weighted by Crippen LogP contribution is 2.26. The monoisotopic (exact) mass is 280 g/mol. The maximum Gasteiger partial charge on any atom is 0.352 e. The summed E-state index contributed by atoms with van der Waals surface area (Å²) in [7, 11) is 0. The van der Waals surface area contributed by atoms with Gasteiger partial charge in [0.05, 0.1) is 0 Å². The molecular weight excluding hydrogens is 264 g/mol. The summed E-state index contributed by atoms with van der Waals surface area (Å²) < 4.78 is 9.86. The summed E-state index contributed by atoms with van der Waals surface area (Å²) in [6.07, 6.45) is -0.855. The Balaban J connectivity index is 2.77. The van der Waals surface area contributed by atoms with Crippen molar-refractivity contribution in [3.05, 3.63) is 30.4 Å². The second-order valence-corrected chi connectivity index (χ2v) is 4.19. The van der Waals surface area contributed by atoms with Crippen molar-refractivity contribution in [2.75, 3.05) is 0 Å². The number of hydrogen-bond acceptors (Lipinski definition) is 6. The molecule has 0 radical (unpaired) electrons. The Morgan fingerprint density at radius 3 is 2.25 bits per heavy atom. The van der Waals surface area contributed by atoms with E-state index >= 15 is 0 Å². The van der Waals surface area contributed by atoms with E-state index in [2.05, 4.69) is 6.58 Å². The summed E-state index contributed by atoms with van der Waals surface area (Å²) in [5.41, 5.74) is 0.172. The third-order valence-corrected chi connectivity index (χ3v) is 2.33. The van der Waals surface area contributed by atoms with Crippen LogP contribution in [0.3, 0.4) is 0 Å². The highest BCUT2D eigenvalue weighted by atomic mass is 16.6. The zero-order valence-electron chi connectivity index (χ0n) is 11.3. The van der Waals surface area contributed by atoms with E-state index in [0.29, 0.717) is 0 Å². The first-order valence-electron chi connectivity index (χ1n) is 5.94. The number of ether oxygens (including phenoxy) is 2. The molecule has 0 fully saturated rings. The molecule has 0 aliphatic rings. The fraction of sp³-hybridized carbons (Fsp3) is 0.286. The summed E-state index contributed by atoms with van der Waals surface area (Å²) in [5.74, 6) is -2.03. The Kier molecular flexibility index (Phi) is 5.14. The Bertz CT molecular complexity index is 514. The van der Waals surface area contributed by atoms with Crippen LogP contribution in [0, 0.1) is 0 Å². The van der Waals surface area contributed by atoms with Gasteiger partial charge in [-0.25, -0.2) is 9.59 Å². The second-order valence-electron chi connectivity index (χ2n) is 4.19. The van der Waals surface area contributed by atoms with Crippen LogP contribution in [0.4, 0.5) is 0 Å². The average molecular weight is 280 g/mol.